The first-order valence-electron chi connectivity index (χ1n) is 6.79. The van der Waals surface area contributed by atoms with E-state index in [4.69, 9.17) is 9.47 Å². The molecule has 6 nitrogen and oxygen atoms in total. The van der Waals surface area contributed by atoms with Gasteiger partial charge in [0.15, 0.2) is 5.75 Å². The molecule has 0 bridgehead atoms. The normalized spacial score (nSPS) is 11.9. The number of rotatable bonds is 9. The smallest absolute Gasteiger partial charge is 0.311 e. The summed E-state index contributed by atoms with van der Waals surface area (Å²) in [5.74, 6) is 0.300. The maximum Gasteiger partial charge on any atom is 0.311 e. The Kier molecular flexibility index (Phi) is 6.79. The Labute approximate surface area is 119 Å². The lowest BCUT2D eigenvalue weighted by atomic mass is 10.2. The number of hydrogen-bond donors (Lipinski definition) is 1. The number of nitro benzene ring substituents is 1. The number of hydrogen-bond acceptors (Lipinski definition) is 5. The molecule has 0 heterocycles. The molecule has 0 radical (unpaired) electrons. The number of nitro groups is 1. The summed E-state index contributed by atoms with van der Waals surface area (Å²) in [7, 11) is 1.65. The average Bonchev–Trinajstić information content (AvgIpc) is 2.44. The topological polar surface area (TPSA) is 73.6 Å². The van der Waals surface area contributed by atoms with Gasteiger partial charge in [0.2, 0.25) is 0 Å². The molecule has 1 unspecified atom stereocenters. The van der Waals surface area contributed by atoms with Crippen LogP contribution >= 0.6 is 0 Å². The van der Waals surface area contributed by atoms with Gasteiger partial charge in [-0.1, -0.05) is 13.8 Å². The maximum absolute atomic E-state index is 11.0. The molecule has 0 spiro atoms. The molecule has 6 heteroatoms. The van der Waals surface area contributed by atoms with Crippen LogP contribution in [0.2, 0.25) is 0 Å². The Morgan fingerprint density at radius 1 is 1.40 bits per heavy atom. The Balaban J connectivity index is 2.90. The van der Waals surface area contributed by atoms with Gasteiger partial charge in [-0.05, 0) is 18.9 Å². The van der Waals surface area contributed by atoms with Crippen LogP contribution in [0.25, 0.3) is 0 Å². The summed E-state index contributed by atoms with van der Waals surface area (Å²) in [5, 5.41) is 14.2. The zero-order valence-electron chi connectivity index (χ0n) is 12.2. The van der Waals surface area contributed by atoms with E-state index in [1.54, 1.807) is 19.2 Å². The van der Waals surface area contributed by atoms with Gasteiger partial charge in [0.05, 0.1) is 18.1 Å². The van der Waals surface area contributed by atoms with Crippen LogP contribution in [-0.2, 0) is 4.74 Å². The molecule has 0 aliphatic heterocycles. The minimum atomic E-state index is -0.429. The number of ether oxygens (including phenoxy) is 2. The average molecular weight is 282 g/mol. The summed E-state index contributed by atoms with van der Waals surface area (Å²) in [6.07, 6.45) is 1.70. The highest BCUT2D eigenvalue weighted by Gasteiger charge is 2.16. The van der Waals surface area contributed by atoms with Crippen molar-refractivity contribution in [3.05, 3.63) is 28.3 Å². The first-order valence-corrected chi connectivity index (χ1v) is 6.79. The van der Waals surface area contributed by atoms with Gasteiger partial charge in [-0.25, -0.2) is 0 Å². The molecule has 112 valence electrons. The SMILES string of the molecule is CCCOc1cc(NC(CC)COC)ccc1[N+](=O)[O-]. The van der Waals surface area contributed by atoms with E-state index in [2.05, 4.69) is 12.2 Å². The first kappa shape index (κ1) is 16.2. The monoisotopic (exact) mass is 282 g/mol. The minimum Gasteiger partial charge on any atom is -0.487 e. The molecular weight excluding hydrogens is 260 g/mol. The van der Waals surface area contributed by atoms with Gasteiger partial charge in [0.25, 0.3) is 0 Å². The molecule has 0 amide bonds. The second-order valence-corrected chi connectivity index (χ2v) is 4.49. The van der Waals surface area contributed by atoms with Crippen LogP contribution in [0, 0.1) is 10.1 Å². The van der Waals surface area contributed by atoms with Crippen molar-refractivity contribution in [3.8, 4) is 5.75 Å². The molecule has 1 atom stereocenters. The summed E-state index contributed by atoms with van der Waals surface area (Å²) >= 11 is 0. The Morgan fingerprint density at radius 3 is 2.70 bits per heavy atom. The largest absolute Gasteiger partial charge is 0.487 e. The van der Waals surface area contributed by atoms with Crippen LogP contribution in [0.4, 0.5) is 11.4 Å². The van der Waals surface area contributed by atoms with Crippen LogP contribution in [-0.4, -0.2) is 31.3 Å². The molecular formula is C14H22N2O4. The zero-order valence-corrected chi connectivity index (χ0v) is 12.2. The zero-order chi connectivity index (χ0) is 15.0. The highest BCUT2D eigenvalue weighted by Crippen LogP contribution is 2.30. The molecule has 1 aromatic carbocycles. The summed E-state index contributed by atoms with van der Waals surface area (Å²) < 4.78 is 10.6. The molecule has 1 N–H and O–H groups in total. The van der Waals surface area contributed by atoms with Gasteiger partial charge in [-0.3, -0.25) is 10.1 Å². The molecule has 0 aromatic heterocycles. The number of benzene rings is 1. The summed E-state index contributed by atoms with van der Waals surface area (Å²) in [4.78, 5) is 10.5. The molecule has 0 aliphatic rings. The van der Waals surface area contributed by atoms with Gasteiger partial charge in [-0.2, -0.15) is 0 Å². The van der Waals surface area contributed by atoms with E-state index in [1.807, 2.05) is 6.92 Å². The second-order valence-electron chi connectivity index (χ2n) is 4.49. The van der Waals surface area contributed by atoms with E-state index in [1.165, 1.54) is 6.07 Å². The van der Waals surface area contributed by atoms with Crippen molar-refractivity contribution in [1.82, 2.24) is 0 Å². The number of anilines is 1. The lowest BCUT2D eigenvalue weighted by Gasteiger charge is -2.18. The second kappa shape index (κ2) is 8.37. The Morgan fingerprint density at radius 2 is 2.15 bits per heavy atom. The highest BCUT2D eigenvalue weighted by molar-refractivity contribution is 5.58. The van der Waals surface area contributed by atoms with E-state index in [9.17, 15) is 10.1 Å². The van der Waals surface area contributed by atoms with Crippen LogP contribution < -0.4 is 10.1 Å². The lowest BCUT2D eigenvalue weighted by Crippen LogP contribution is -2.23. The van der Waals surface area contributed by atoms with Crippen LogP contribution in [0.3, 0.4) is 0 Å². The quantitative estimate of drug-likeness (QED) is 0.556. The third-order valence-electron chi connectivity index (χ3n) is 2.85. The Hall–Kier alpha value is -1.82. The minimum absolute atomic E-state index is 0.0104. The van der Waals surface area contributed by atoms with Crippen molar-refractivity contribution in [2.45, 2.75) is 32.7 Å². The van der Waals surface area contributed by atoms with E-state index >= 15 is 0 Å². The fourth-order valence-electron chi connectivity index (χ4n) is 1.78. The van der Waals surface area contributed by atoms with Gasteiger partial charge in [0, 0.05) is 31.0 Å². The predicted octanol–water partition coefficient (Wildman–Crippen LogP) is 3.22. The van der Waals surface area contributed by atoms with E-state index in [0.29, 0.717) is 19.0 Å². The van der Waals surface area contributed by atoms with Crippen molar-refractivity contribution < 1.29 is 14.4 Å². The third-order valence-corrected chi connectivity index (χ3v) is 2.85. The van der Waals surface area contributed by atoms with Gasteiger partial charge < -0.3 is 14.8 Å². The van der Waals surface area contributed by atoms with E-state index < -0.39 is 4.92 Å². The summed E-state index contributed by atoms with van der Waals surface area (Å²) in [6, 6.07) is 4.99. The van der Waals surface area contributed by atoms with Gasteiger partial charge >= 0.3 is 5.69 Å². The number of methoxy groups -OCH3 is 1. The van der Waals surface area contributed by atoms with E-state index in [-0.39, 0.29) is 11.7 Å². The number of nitrogens with one attached hydrogen (secondary N) is 1. The molecule has 1 aromatic rings. The van der Waals surface area contributed by atoms with Crippen molar-refractivity contribution in [2.24, 2.45) is 0 Å². The molecule has 1 rings (SSSR count). The van der Waals surface area contributed by atoms with E-state index in [0.717, 1.165) is 18.5 Å². The summed E-state index contributed by atoms with van der Waals surface area (Å²) in [5.41, 5.74) is 0.786. The van der Waals surface area contributed by atoms with Gasteiger partial charge in [-0.15, -0.1) is 0 Å². The van der Waals surface area contributed by atoms with Crippen molar-refractivity contribution in [1.29, 1.82) is 0 Å². The summed E-state index contributed by atoms with van der Waals surface area (Å²) in [6.45, 7) is 5.05. The third kappa shape index (κ3) is 4.70. The van der Waals surface area contributed by atoms with Crippen molar-refractivity contribution in [3.63, 3.8) is 0 Å². The molecule has 0 saturated heterocycles. The van der Waals surface area contributed by atoms with Crippen molar-refractivity contribution in [2.75, 3.05) is 25.6 Å². The maximum atomic E-state index is 11.0. The molecule has 0 fully saturated rings. The predicted molar refractivity (Wildman–Crippen MR) is 78.5 cm³/mol. The van der Waals surface area contributed by atoms with Crippen LogP contribution in [0.5, 0.6) is 5.75 Å². The standard InChI is InChI=1S/C14H22N2O4/c1-4-8-20-14-9-12(6-7-13(14)16(17)18)15-11(5-2)10-19-3/h6-7,9,11,15H,4-5,8,10H2,1-3H3. The van der Waals surface area contributed by atoms with Crippen molar-refractivity contribution >= 4 is 11.4 Å². The molecule has 0 saturated carbocycles. The van der Waals surface area contributed by atoms with Gasteiger partial charge in [0.1, 0.15) is 0 Å². The lowest BCUT2D eigenvalue weighted by molar-refractivity contribution is -0.385. The molecule has 20 heavy (non-hydrogen) atoms. The first-order chi connectivity index (χ1) is 9.62. The fourth-order valence-corrected chi connectivity index (χ4v) is 1.78. The molecule has 0 aliphatic carbocycles. The van der Waals surface area contributed by atoms with Crippen LogP contribution in [0.1, 0.15) is 26.7 Å². The Bertz CT molecular complexity index is 437. The highest BCUT2D eigenvalue weighted by atomic mass is 16.6. The fraction of sp³-hybridized carbons (Fsp3) is 0.571. The number of nitrogens with zero attached hydrogens (tertiary/aromatic N) is 1. The van der Waals surface area contributed by atoms with Crippen LogP contribution in [0.15, 0.2) is 18.2 Å².